The maximum absolute atomic E-state index is 12.2. The summed E-state index contributed by atoms with van der Waals surface area (Å²) in [6.07, 6.45) is 0.765. The summed E-state index contributed by atoms with van der Waals surface area (Å²) in [6.45, 7) is 2.55. The van der Waals surface area contributed by atoms with E-state index in [1.54, 1.807) is 46.9 Å². The van der Waals surface area contributed by atoms with Crippen LogP contribution in [0, 0.1) is 6.92 Å². The maximum Gasteiger partial charge on any atom is 0.316 e. The molecule has 8 heteroatoms. The van der Waals surface area contributed by atoms with Crippen molar-refractivity contribution in [2.45, 2.75) is 13.3 Å². The van der Waals surface area contributed by atoms with Crippen LogP contribution in [0.5, 0.6) is 0 Å². The van der Waals surface area contributed by atoms with Gasteiger partial charge in [-0.05, 0) is 49.7 Å². The molecule has 0 atom stereocenters. The zero-order valence-corrected chi connectivity index (χ0v) is 15.7. The summed E-state index contributed by atoms with van der Waals surface area (Å²) in [5.74, 6) is -0.150. The molecule has 4 N–H and O–H groups in total. The van der Waals surface area contributed by atoms with Gasteiger partial charge in [0, 0.05) is 28.1 Å². The molecule has 2 aromatic heterocycles. The van der Waals surface area contributed by atoms with Gasteiger partial charge in [-0.2, -0.15) is 0 Å². The Hall–Kier alpha value is -2.71. The summed E-state index contributed by atoms with van der Waals surface area (Å²) >= 11 is 3.34. The number of primary amides is 1. The highest BCUT2D eigenvalue weighted by atomic mass is 32.1. The molecule has 0 fully saturated rings. The maximum atomic E-state index is 12.2. The number of carbonyl (C=O) groups is 2. The van der Waals surface area contributed by atoms with Gasteiger partial charge in [0.2, 0.25) is 0 Å². The highest BCUT2D eigenvalue weighted by molar-refractivity contribution is 7.16. The SMILES string of the molecule is Cc1nc(-c2ccc(CCNC(=O)c3ccc(NC(N)=O)cc3)s2)cs1. The minimum absolute atomic E-state index is 0.150. The van der Waals surface area contributed by atoms with Gasteiger partial charge in [-0.1, -0.05) is 0 Å². The molecule has 0 bridgehead atoms. The third kappa shape index (κ3) is 4.68. The van der Waals surface area contributed by atoms with Crippen LogP contribution < -0.4 is 16.4 Å². The average Bonchev–Trinajstić information content (AvgIpc) is 3.24. The lowest BCUT2D eigenvalue weighted by Gasteiger charge is -2.06. The number of hydrogen-bond acceptors (Lipinski definition) is 5. The van der Waals surface area contributed by atoms with Gasteiger partial charge in [0.25, 0.3) is 5.91 Å². The largest absolute Gasteiger partial charge is 0.352 e. The predicted molar refractivity (Wildman–Crippen MR) is 106 cm³/mol. The van der Waals surface area contributed by atoms with Crippen molar-refractivity contribution in [2.24, 2.45) is 5.73 Å². The molecule has 26 heavy (non-hydrogen) atoms. The third-order valence-corrected chi connectivity index (χ3v) is 5.55. The first kappa shape index (κ1) is 18.1. The molecule has 1 aromatic carbocycles. The fourth-order valence-electron chi connectivity index (χ4n) is 2.38. The van der Waals surface area contributed by atoms with E-state index in [0.29, 0.717) is 17.8 Å². The quantitative estimate of drug-likeness (QED) is 0.603. The van der Waals surface area contributed by atoms with E-state index in [2.05, 4.69) is 33.1 Å². The topological polar surface area (TPSA) is 97.1 Å². The number of aryl methyl sites for hydroxylation is 1. The number of hydrogen-bond donors (Lipinski definition) is 3. The first-order chi connectivity index (χ1) is 12.5. The number of carbonyl (C=O) groups excluding carboxylic acids is 2. The number of nitrogens with zero attached hydrogens (tertiary/aromatic N) is 1. The molecule has 3 aromatic rings. The Morgan fingerprint density at radius 3 is 2.58 bits per heavy atom. The van der Waals surface area contributed by atoms with E-state index in [1.807, 2.05) is 6.92 Å². The molecule has 2 heterocycles. The molecule has 3 amide bonds. The Labute approximate surface area is 159 Å². The second-order valence-electron chi connectivity index (χ2n) is 5.59. The first-order valence-corrected chi connectivity index (χ1v) is 9.67. The lowest BCUT2D eigenvalue weighted by molar-refractivity contribution is 0.0954. The molecule has 0 aliphatic carbocycles. The molecule has 0 aliphatic rings. The van der Waals surface area contributed by atoms with Crippen LogP contribution in [0.25, 0.3) is 10.6 Å². The van der Waals surface area contributed by atoms with E-state index in [1.165, 1.54) is 4.88 Å². The van der Waals surface area contributed by atoms with Crippen molar-refractivity contribution in [3.8, 4) is 10.6 Å². The molecule has 0 saturated heterocycles. The molecule has 0 aliphatic heterocycles. The van der Waals surface area contributed by atoms with E-state index in [4.69, 9.17) is 5.73 Å². The van der Waals surface area contributed by atoms with Gasteiger partial charge in [0.05, 0.1) is 15.6 Å². The highest BCUT2D eigenvalue weighted by Gasteiger charge is 2.08. The number of nitrogens with one attached hydrogen (secondary N) is 2. The standard InChI is InChI=1S/C18H18N4O2S2/c1-11-21-15(10-25-11)16-7-6-14(26-16)8-9-20-17(23)12-2-4-13(5-3-12)22-18(19)24/h2-7,10H,8-9H2,1H3,(H,20,23)(H3,19,22,24). The number of benzene rings is 1. The molecule has 0 spiro atoms. The van der Waals surface area contributed by atoms with Crippen molar-refractivity contribution in [2.75, 3.05) is 11.9 Å². The third-order valence-electron chi connectivity index (χ3n) is 3.60. The zero-order chi connectivity index (χ0) is 18.5. The van der Waals surface area contributed by atoms with E-state index in [0.717, 1.165) is 22.0 Å². The highest BCUT2D eigenvalue weighted by Crippen LogP contribution is 2.29. The van der Waals surface area contributed by atoms with Crippen LogP contribution in [-0.4, -0.2) is 23.5 Å². The van der Waals surface area contributed by atoms with Crippen LogP contribution in [0.4, 0.5) is 10.5 Å². The molecule has 0 radical (unpaired) electrons. The number of thiazole rings is 1. The summed E-state index contributed by atoms with van der Waals surface area (Å²) < 4.78 is 0. The Morgan fingerprint density at radius 1 is 1.15 bits per heavy atom. The van der Waals surface area contributed by atoms with E-state index in [-0.39, 0.29) is 5.91 Å². The number of thiophene rings is 1. The summed E-state index contributed by atoms with van der Waals surface area (Å²) in [6, 6.07) is 10.1. The van der Waals surface area contributed by atoms with Crippen molar-refractivity contribution in [3.63, 3.8) is 0 Å². The minimum Gasteiger partial charge on any atom is -0.352 e. The van der Waals surface area contributed by atoms with E-state index in [9.17, 15) is 9.59 Å². The Morgan fingerprint density at radius 2 is 1.92 bits per heavy atom. The Kier molecular flexibility index (Phi) is 5.65. The Balaban J connectivity index is 1.51. The molecule has 0 saturated carbocycles. The lowest BCUT2D eigenvalue weighted by atomic mass is 10.2. The normalized spacial score (nSPS) is 10.5. The average molecular weight is 387 g/mol. The molecular formula is C18H18N4O2S2. The minimum atomic E-state index is -0.634. The van der Waals surface area contributed by atoms with Crippen LogP contribution in [-0.2, 0) is 6.42 Å². The van der Waals surface area contributed by atoms with Crippen molar-refractivity contribution >= 4 is 40.3 Å². The van der Waals surface area contributed by atoms with Crippen molar-refractivity contribution in [1.82, 2.24) is 10.3 Å². The summed E-state index contributed by atoms with van der Waals surface area (Å²) in [7, 11) is 0. The number of amides is 3. The molecule has 0 unspecified atom stereocenters. The van der Waals surface area contributed by atoms with Gasteiger partial charge in [-0.3, -0.25) is 4.79 Å². The predicted octanol–water partition coefficient (Wildman–Crippen LogP) is 3.64. The van der Waals surface area contributed by atoms with Crippen LogP contribution in [0.2, 0.25) is 0 Å². The summed E-state index contributed by atoms with van der Waals surface area (Å²) in [5.41, 5.74) is 7.15. The van der Waals surface area contributed by atoms with Gasteiger partial charge in [-0.15, -0.1) is 22.7 Å². The molecule has 3 rings (SSSR count). The second-order valence-corrected chi connectivity index (χ2v) is 7.82. The van der Waals surface area contributed by atoms with Crippen LogP contribution in [0.15, 0.2) is 41.8 Å². The molecular weight excluding hydrogens is 368 g/mol. The lowest BCUT2D eigenvalue weighted by Crippen LogP contribution is -2.25. The van der Waals surface area contributed by atoms with Crippen LogP contribution in [0.1, 0.15) is 20.2 Å². The van der Waals surface area contributed by atoms with Gasteiger partial charge in [0.1, 0.15) is 0 Å². The monoisotopic (exact) mass is 386 g/mol. The zero-order valence-electron chi connectivity index (χ0n) is 14.1. The van der Waals surface area contributed by atoms with E-state index >= 15 is 0 Å². The number of anilines is 1. The molecule has 134 valence electrons. The van der Waals surface area contributed by atoms with Crippen molar-refractivity contribution < 1.29 is 9.59 Å². The number of urea groups is 1. The first-order valence-electron chi connectivity index (χ1n) is 7.97. The fourth-order valence-corrected chi connectivity index (χ4v) is 4.03. The van der Waals surface area contributed by atoms with E-state index < -0.39 is 6.03 Å². The van der Waals surface area contributed by atoms with Crippen LogP contribution in [0.3, 0.4) is 0 Å². The Bertz CT molecular complexity index is 915. The fraction of sp³-hybridized carbons (Fsp3) is 0.167. The summed E-state index contributed by atoms with van der Waals surface area (Å²) in [5, 5.41) is 8.47. The van der Waals surface area contributed by atoms with Crippen LogP contribution >= 0.6 is 22.7 Å². The van der Waals surface area contributed by atoms with Gasteiger partial charge in [-0.25, -0.2) is 9.78 Å². The smallest absolute Gasteiger partial charge is 0.316 e. The van der Waals surface area contributed by atoms with Gasteiger partial charge in [0.15, 0.2) is 0 Å². The van der Waals surface area contributed by atoms with Crippen molar-refractivity contribution in [1.29, 1.82) is 0 Å². The number of aromatic nitrogens is 1. The number of nitrogens with two attached hydrogens (primary N) is 1. The summed E-state index contributed by atoms with van der Waals surface area (Å²) in [4.78, 5) is 29.8. The van der Waals surface area contributed by atoms with Crippen molar-refractivity contribution in [3.05, 3.63) is 57.2 Å². The second kappa shape index (κ2) is 8.11. The van der Waals surface area contributed by atoms with Gasteiger partial charge >= 0.3 is 6.03 Å². The molecule has 6 nitrogen and oxygen atoms in total. The van der Waals surface area contributed by atoms with Gasteiger partial charge < -0.3 is 16.4 Å². The number of rotatable bonds is 6.